The van der Waals surface area contributed by atoms with Gasteiger partial charge in [-0.25, -0.2) is 4.79 Å². The molecule has 4 rings (SSSR count). The summed E-state index contributed by atoms with van der Waals surface area (Å²) in [5.41, 5.74) is -3.35. The van der Waals surface area contributed by atoms with Crippen LogP contribution < -0.4 is 10.4 Å². The summed E-state index contributed by atoms with van der Waals surface area (Å²) in [7, 11) is 0. The van der Waals surface area contributed by atoms with Crippen molar-refractivity contribution in [3.8, 4) is 5.75 Å². The third-order valence-electron chi connectivity index (χ3n) is 7.39. The second-order valence-corrected chi connectivity index (χ2v) is 9.14. The molecule has 140 valence electrons. The van der Waals surface area contributed by atoms with Crippen molar-refractivity contribution < 1.29 is 19.1 Å². The van der Waals surface area contributed by atoms with E-state index in [1.54, 1.807) is 19.1 Å². The van der Waals surface area contributed by atoms with Crippen LogP contribution in [0.25, 0.3) is 0 Å². The van der Waals surface area contributed by atoms with Gasteiger partial charge in [0.1, 0.15) is 17.1 Å². The van der Waals surface area contributed by atoms with Crippen LogP contribution in [0.1, 0.15) is 51.9 Å². The molecule has 2 heterocycles. The summed E-state index contributed by atoms with van der Waals surface area (Å²) in [6.07, 6.45) is 4.85. The van der Waals surface area contributed by atoms with Gasteiger partial charge in [0.15, 0.2) is 5.78 Å². The number of carbonyl (C=O) groups is 1. The maximum Gasteiger partial charge on any atom is 0.342 e. The lowest BCUT2D eigenvalue weighted by molar-refractivity contribution is -0.230. The quantitative estimate of drug-likeness (QED) is 0.772. The van der Waals surface area contributed by atoms with Crippen LogP contribution in [-0.4, -0.2) is 22.1 Å². The third kappa shape index (κ3) is 1.90. The molecule has 1 N–H and O–H groups in total. The fraction of sp³-hybridized carbons (Fsp3) is 0.619. The summed E-state index contributed by atoms with van der Waals surface area (Å²) in [4.78, 5) is 25.5. The van der Waals surface area contributed by atoms with Gasteiger partial charge in [0.2, 0.25) is 0 Å². The van der Waals surface area contributed by atoms with Crippen molar-refractivity contribution in [3.05, 3.63) is 40.0 Å². The Bertz CT molecular complexity index is 894. The predicted molar refractivity (Wildman–Crippen MR) is 96.2 cm³/mol. The van der Waals surface area contributed by atoms with Crippen LogP contribution in [0.2, 0.25) is 0 Å². The number of ether oxygens (including phenoxy) is 1. The van der Waals surface area contributed by atoms with E-state index in [0.29, 0.717) is 36.3 Å². The number of aliphatic hydroxyl groups is 1. The Labute approximate surface area is 153 Å². The first-order valence-corrected chi connectivity index (χ1v) is 9.23. The fourth-order valence-corrected chi connectivity index (χ4v) is 5.61. The van der Waals surface area contributed by atoms with Crippen LogP contribution in [0.3, 0.4) is 0 Å². The van der Waals surface area contributed by atoms with E-state index >= 15 is 0 Å². The van der Waals surface area contributed by atoms with Gasteiger partial charge in [0.05, 0.1) is 16.6 Å². The smallest absolute Gasteiger partial charge is 0.342 e. The van der Waals surface area contributed by atoms with Gasteiger partial charge in [-0.2, -0.15) is 0 Å². The number of ketones is 1. The second kappa shape index (κ2) is 4.89. The van der Waals surface area contributed by atoms with Crippen molar-refractivity contribution in [3.63, 3.8) is 0 Å². The highest BCUT2D eigenvalue weighted by atomic mass is 16.5. The molecule has 0 spiro atoms. The van der Waals surface area contributed by atoms with Gasteiger partial charge < -0.3 is 14.3 Å². The number of rotatable bonds is 0. The Morgan fingerprint density at radius 3 is 2.54 bits per heavy atom. The fourth-order valence-electron chi connectivity index (χ4n) is 5.61. The standard InChI is InChI=1S/C21H26O5/c1-12-10-14-13(17(23)25-12)11-15-19(4,26-14)8-9-21(24)18(2,3)7-6-16(22)20(15,21)5/h6-7,10,15,24H,8-9,11H2,1-5H3/t15-,19-,20+,21+/m1/s1. The molecule has 4 atom stereocenters. The maximum absolute atomic E-state index is 13.1. The van der Waals surface area contributed by atoms with E-state index in [4.69, 9.17) is 9.15 Å². The molecular formula is C21H26O5. The molecular weight excluding hydrogens is 332 g/mol. The summed E-state index contributed by atoms with van der Waals surface area (Å²) in [6.45, 7) is 9.48. The summed E-state index contributed by atoms with van der Waals surface area (Å²) in [6, 6.07) is 1.74. The Balaban J connectivity index is 1.93. The summed E-state index contributed by atoms with van der Waals surface area (Å²) in [5.74, 6) is 0.638. The lowest BCUT2D eigenvalue weighted by atomic mass is 9.43. The minimum Gasteiger partial charge on any atom is -0.487 e. The van der Waals surface area contributed by atoms with E-state index in [1.807, 2.05) is 33.8 Å². The van der Waals surface area contributed by atoms with Crippen LogP contribution in [0.15, 0.2) is 27.4 Å². The van der Waals surface area contributed by atoms with Crippen molar-refractivity contribution in [1.82, 2.24) is 0 Å². The van der Waals surface area contributed by atoms with Crippen molar-refractivity contribution in [2.24, 2.45) is 16.7 Å². The molecule has 5 heteroatoms. The Hall–Kier alpha value is -1.88. The van der Waals surface area contributed by atoms with Gasteiger partial charge in [-0.1, -0.05) is 19.9 Å². The van der Waals surface area contributed by atoms with Crippen molar-refractivity contribution >= 4 is 5.78 Å². The monoisotopic (exact) mass is 358 g/mol. The number of fused-ring (bicyclic) bond motifs is 4. The molecule has 0 bridgehead atoms. The SMILES string of the molecule is Cc1cc2c(c(=O)o1)C[C@@H]1[C@@](C)(CC[C@]3(O)C(C)(C)C=CC(=O)[C@]13C)O2. The molecule has 5 nitrogen and oxygen atoms in total. The Kier molecular flexibility index (Phi) is 3.29. The highest BCUT2D eigenvalue weighted by Gasteiger charge is 2.70. The minimum absolute atomic E-state index is 0.0983. The first-order chi connectivity index (χ1) is 11.9. The van der Waals surface area contributed by atoms with Gasteiger partial charge in [-0.15, -0.1) is 0 Å². The van der Waals surface area contributed by atoms with Crippen LogP contribution in [-0.2, 0) is 11.2 Å². The summed E-state index contributed by atoms with van der Waals surface area (Å²) in [5, 5.41) is 11.7. The van der Waals surface area contributed by atoms with Crippen LogP contribution in [0, 0.1) is 23.7 Å². The van der Waals surface area contributed by atoms with Gasteiger partial charge >= 0.3 is 5.63 Å². The zero-order valence-corrected chi connectivity index (χ0v) is 16.0. The average Bonchev–Trinajstić information content (AvgIpc) is 2.54. The second-order valence-electron chi connectivity index (χ2n) is 9.14. The van der Waals surface area contributed by atoms with Crippen LogP contribution in [0.5, 0.6) is 5.75 Å². The molecule has 3 aliphatic rings. The van der Waals surface area contributed by atoms with Crippen LogP contribution >= 0.6 is 0 Å². The van der Waals surface area contributed by atoms with Crippen molar-refractivity contribution in [1.29, 1.82) is 0 Å². The van der Waals surface area contributed by atoms with E-state index in [-0.39, 0.29) is 11.7 Å². The van der Waals surface area contributed by atoms with Crippen LogP contribution in [0.4, 0.5) is 0 Å². The number of aryl methyl sites for hydroxylation is 1. The molecule has 2 aliphatic carbocycles. The molecule has 0 unspecified atom stereocenters. The normalized spacial score (nSPS) is 40.2. The minimum atomic E-state index is -1.19. The first kappa shape index (κ1) is 17.5. The molecule has 1 fully saturated rings. The van der Waals surface area contributed by atoms with Crippen molar-refractivity contribution in [2.75, 3.05) is 0 Å². The highest BCUT2D eigenvalue weighted by Crippen LogP contribution is 2.63. The van der Waals surface area contributed by atoms with E-state index in [2.05, 4.69) is 0 Å². The molecule has 1 aromatic rings. The molecule has 0 saturated heterocycles. The zero-order chi connectivity index (χ0) is 19.1. The number of hydrogen-bond donors (Lipinski definition) is 1. The Morgan fingerprint density at radius 1 is 1.15 bits per heavy atom. The number of allylic oxidation sites excluding steroid dienone is 1. The van der Waals surface area contributed by atoms with E-state index in [1.165, 1.54) is 0 Å². The zero-order valence-electron chi connectivity index (χ0n) is 16.0. The lowest BCUT2D eigenvalue weighted by Crippen LogP contribution is -2.72. The van der Waals surface area contributed by atoms with Gasteiger partial charge in [0, 0.05) is 17.4 Å². The highest BCUT2D eigenvalue weighted by molar-refractivity contribution is 5.97. The van der Waals surface area contributed by atoms with E-state index in [0.717, 1.165) is 0 Å². The number of carbonyl (C=O) groups excluding carboxylic acids is 1. The lowest BCUT2D eigenvalue weighted by Gasteiger charge is -2.64. The van der Waals surface area contributed by atoms with Gasteiger partial charge in [-0.3, -0.25) is 4.79 Å². The molecule has 1 aliphatic heterocycles. The van der Waals surface area contributed by atoms with E-state index in [9.17, 15) is 14.7 Å². The van der Waals surface area contributed by atoms with Gasteiger partial charge in [0.25, 0.3) is 0 Å². The van der Waals surface area contributed by atoms with Gasteiger partial charge in [-0.05, 0) is 46.1 Å². The van der Waals surface area contributed by atoms with Crippen molar-refractivity contribution in [2.45, 2.75) is 65.1 Å². The summed E-state index contributed by atoms with van der Waals surface area (Å²) < 4.78 is 11.6. The molecule has 1 aromatic heterocycles. The predicted octanol–water partition coefficient (Wildman–Crippen LogP) is 2.95. The molecule has 0 radical (unpaired) electrons. The molecule has 0 amide bonds. The Morgan fingerprint density at radius 2 is 1.85 bits per heavy atom. The number of hydrogen-bond acceptors (Lipinski definition) is 5. The third-order valence-corrected chi connectivity index (χ3v) is 7.39. The van der Waals surface area contributed by atoms with E-state index < -0.39 is 27.7 Å². The summed E-state index contributed by atoms with van der Waals surface area (Å²) >= 11 is 0. The molecule has 0 aromatic carbocycles. The topological polar surface area (TPSA) is 76.7 Å². The average molecular weight is 358 g/mol. The molecule has 1 saturated carbocycles. The first-order valence-electron chi connectivity index (χ1n) is 9.23. The molecule has 26 heavy (non-hydrogen) atoms. The largest absolute Gasteiger partial charge is 0.487 e. The maximum atomic E-state index is 13.1.